The molecule has 57 heavy (non-hydrogen) atoms. The van der Waals surface area contributed by atoms with Crippen LogP contribution in [0.25, 0.3) is 0 Å². The zero-order chi connectivity index (χ0) is 41.6. The third-order valence-electron chi connectivity index (χ3n) is 10.9. The van der Waals surface area contributed by atoms with Gasteiger partial charge in [-0.1, -0.05) is 165 Å². The monoisotopic (exact) mass is 806 g/mol. The van der Waals surface area contributed by atoms with E-state index in [1.54, 1.807) is 6.08 Å². The largest absolute Gasteiger partial charge is 0.394 e. The first-order valence-electron chi connectivity index (χ1n) is 23.4. The van der Waals surface area contributed by atoms with Crippen molar-refractivity contribution in [3.05, 3.63) is 48.6 Å². The summed E-state index contributed by atoms with van der Waals surface area (Å²) in [5.74, 6) is -0.197. The molecule has 0 aromatic heterocycles. The number of allylic oxidation sites excluding steroid dienone is 7. The summed E-state index contributed by atoms with van der Waals surface area (Å²) in [6.45, 7) is 3.71. The number of unbranched alkanes of at least 4 members (excludes halogenated alkanes) is 22. The van der Waals surface area contributed by atoms with Crippen molar-refractivity contribution in [3.63, 3.8) is 0 Å². The fraction of sp³-hybridized carbons (Fsp3) is 0.812. The van der Waals surface area contributed by atoms with Crippen molar-refractivity contribution in [2.24, 2.45) is 0 Å². The highest BCUT2D eigenvalue weighted by Crippen LogP contribution is 2.22. The molecule has 1 aliphatic rings. The molecule has 7 unspecified atom stereocenters. The van der Waals surface area contributed by atoms with Crippen LogP contribution in [0.15, 0.2) is 48.6 Å². The highest BCUT2D eigenvalue weighted by Gasteiger charge is 2.44. The molecule has 1 saturated heterocycles. The van der Waals surface area contributed by atoms with E-state index in [2.05, 4.69) is 55.6 Å². The number of carbonyl (C=O) groups excluding carboxylic acids is 1. The number of amides is 1. The highest BCUT2D eigenvalue weighted by atomic mass is 16.7. The molecule has 1 aliphatic heterocycles. The fourth-order valence-corrected chi connectivity index (χ4v) is 7.06. The van der Waals surface area contributed by atoms with Crippen LogP contribution in [-0.4, -0.2) is 87.5 Å². The quantitative estimate of drug-likeness (QED) is 0.0267. The van der Waals surface area contributed by atoms with Gasteiger partial charge in [0, 0.05) is 6.42 Å². The van der Waals surface area contributed by atoms with Crippen molar-refractivity contribution in [2.45, 2.75) is 236 Å². The molecule has 9 heteroatoms. The Morgan fingerprint density at radius 2 is 1.00 bits per heavy atom. The Hall–Kier alpha value is -1.85. The standard InChI is InChI=1S/C48H87NO8/c1-3-5-7-9-11-13-15-17-18-19-20-21-22-23-24-26-28-30-32-34-36-38-44(52)49-41(40-56-48-47(55)46(54)45(53)43(39-50)57-48)42(51)37-35-33-31-29-27-25-16-14-12-10-8-6-4-2/h12,14,21-22,27,29,35,37,41-43,45-48,50-51,53-55H,3-11,13,15-20,23-26,28,30-34,36,38-40H2,1-2H3,(H,49,52)/b14-12+,22-21-,29-27+,37-35+. The minimum absolute atomic E-state index is 0.197. The van der Waals surface area contributed by atoms with E-state index >= 15 is 0 Å². The van der Waals surface area contributed by atoms with Crippen LogP contribution in [0, 0.1) is 0 Å². The maximum absolute atomic E-state index is 12.9. The van der Waals surface area contributed by atoms with Gasteiger partial charge in [0.15, 0.2) is 6.29 Å². The smallest absolute Gasteiger partial charge is 0.220 e. The molecule has 7 atom stereocenters. The molecule has 1 fully saturated rings. The Morgan fingerprint density at radius 3 is 1.51 bits per heavy atom. The van der Waals surface area contributed by atoms with Crippen LogP contribution in [0.1, 0.15) is 194 Å². The first-order chi connectivity index (χ1) is 27.8. The predicted octanol–water partition coefficient (Wildman–Crippen LogP) is 9.84. The van der Waals surface area contributed by atoms with E-state index in [1.807, 2.05) is 6.08 Å². The summed E-state index contributed by atoms with van der Waals surface area (Å²) in [5, 5.41) is 54.1. The molecule has 0 aliphatic carbocycles. The summed E-state index contributed by atoms with van der Waals surface area (Å²) in [7, 11) is 0. The second kappa shape index (κ2) is 38.4. The molecule has 1 amide bonds. The van der Waals surface area contributed by atoms with Gasteiger partial charge in [-0.3, -0.25) is 4.79 Å². The van der Waals surface area contributed by atoms with Gasteiger partial charge in [0.2, 0.25) is 5.91 Å². The fourth-order valence-electron chi connectivity index (χ4n) is 7.06. The molecule has 0 aromatic carbocycles. The highest BCUT2D eigenvalue weighted by molar-refractivity contribution is 5.76. The summed E-state index contributed by atoms with van der Waals surface area (Å²) < 4.78 is 11.2. The maximum atomic E-state index is 12.9. The number of ether oxygens (including phenoxy) is 2. The van der Waals surface area contributed by atoms with Crippen LogP contribution < -0.4 is 5.32 Å². The Labute approximate surface area is 348 Å². The second-order valence-electron chi connectivity index (χ2n) is 16.2. The number of carbonyl (C=O) groups is 1. The number of aliphatic hydroxyl groups is 5. The number of rotatable bonds is 38. The average molecular weight is 806 g/mol. The number of hydrogen-bond donors (Lipinski definition) is 6. The van der Waals surface area contributed by atoms with Crippen LogP contribution in [0.4, 0.5) is 0 Å². The van der Waals surface area contributed by atoms with Gasteiger partial charge in [-0.15, -0.1) is 0 Å². The van der Waals surface area contributed by atoms with Gasteiger partial charge in [-0.05, 0) is 70.6 Å². The third kappa shape index (κ3) is 29.1. The van der Waals surface area contributed by atoms with E-state index in [1.165, 1.54) is 109 Å². The van der Waals surface area contributed by atoms with Gasteiger partial charge in [0.1, 0.15) is 24.4 Å². The molecule has 0 saturated carbocycles. The summed E-state index contributed by atoms with van der Waals surface area (Å²) in [6.07, 6.45) is 41.6. The van der Waals surface area contributed by atoms with Crippen LogP contribution in [0.5, 0.6) is 0 Å². The molecule has 6 N–H and O–H groups in total. The lowest BCUT2D eigenvalue weighted by atomic mass is 9.99. The number of hydrogen-bond acceptors (Lipinski definition) is 8. The van der Waals surface area contributed by atoms with Crippen molar-refractivity contribution < 1.29 is 39.8 Å². The van der Waals surface area contributed by atoms with Gasteiger partial charge in [-0.25, -0.2) is 0 Å². The van der Waals surface area contributed by atoms with Crippen LogP contribution in [-0.2, 0) is 14.3 Å². The Kier molecular flexibility index (Phi) is 35.8. The summed E-state index contributed by atoms with van der Waals surface area (Å²) in [5.41, 5.74) is 0. The Balaban J connectivity index is 2.34. The van der Waals surface area contributed by atoms with Gasteiger partial charge in [-0.2, -0.15) is 0 Å². The number of nitrogens with one attached hydrogen (secondary N) is 1. The van der Waals surface area contributed by atoms with Crippen molar-refractivity contribution in [1.82, 2.24) is 5.32 Å². The summed E-state index contributed by atoms with van der Waals surface area (Å²) >= 11 is 0. The summed E-state index contributed by atoms with van der Waals surface area (Å²) in [4.78, 5) is 12.9. The van der Waals surface area contributed by atoms with E-state index in [4.69, 9.17) is 9.47 Å². The molecular weight excluding hydrogens is 719 g/mol. The van der Waals surface area contributed by atoms with E-state index in [0.717, 1.165) is 64.2 Å². The van der Waals surface area contributed by atoms with Crippen LogP contribution in [0.2, 0.25) is 0 Å². The molecule has 0 bridgehead atoms. The molecular formula is C48H87NO8. The molecule has 0 aromatic rings. The molecule has 9 nitrogen and oxygen atoms in total. The third-order valence-corrected chi connectivity index (χ3v) is 10.9. The topological polar surface area (TPSA) is 149 Å². The Morgan fingerprint density at radius 1 is 0.579 bits per heavy atom. The zero-order valence-electron chi connectivity index (χ0n) is 36.3. The van der Waals surface area contributed by atoms with E-state index < -0.39 is 49.5 Å². The molecule has 0 spiro atoms. The lowest BCUT2D eigenvalue weighted by Gasteiger charge is -2.40. The van der Waals surface area contributed by atoms with Gasteiger partial charge in [0.25, 0.3) is 0 Å². The first-order valence-corrected chi connectivity index (χ1v) is 23.4. The molecule has 0 radical (unpaired) electrons. The Bertz CT molecular complexity index is 1030. The van der Waals surface area contributed by atoms with Crippen molar-refractivity contribution in [2.75, 3.05) is 13.2 Å². The average Bonchev–Trinajstić information content (AvgIpc) is 3.21. The first kappa shape index (κ1) is 53.2. The maximum Gasteiger partial charge on any atom is 0.220 e. The molecule has 332 valence electrons. The van der Waals surface area contributed by atoms with Gasteiger partial charge >= 0.3 is 0 Å². The summed E-state index contributed by atoms with van der Waals surface area (Å²) in [6, 6.07) is -0.829. The second-order valence-corrected chi connectivity index (χ2v) is 16.2. The van der Waals surface area contributed by atoms with Crippen LogP contribution >= 0.6 is 0 Å². The lowest BCUT2D eigenvalue weighted by Crippen LogP contribution is -2.60. The number of aliphatic hydroxyl groups excluding tert-OH is 5. The SMILES string of the molecule is CCCCC/C=C/CC/C=C/CC/C=C/C(O)C(COC1OC(CO)C(O)C(O)C1O)NC(=O)CCCCCCCCC/C=C\CCCCCCCCCCCC. The van der Waals surface area contributed by atoms with Crippen molar-refractivity contribution >= 4 is 5.91 Å². The minimum atomic E-state index is -1.57. The molecule has 1 rings (SSSR count). The lowest BCUT2D eigenvalue weighted by molar-refractivity contribution is -0.302. The normalized spacial score (nSPS) is 21.4. The van der Waals surface area contributed by atoms with Crippen molar-refractivity contribution in [1.29, 1.82) is 0 Å². The van der Waals surface area contributed by atoms with Crippen molar-refractivity contribution in [3.8, 4) is 0 Å². The molecule has 1 heterocycles. The van der Waals surface area contributed by atoms with E-state index in [9.17, 15) is 30.3 Å². The van der Waals surface area contributed by atoms with Gasteiger partial charge in [0.05, 0.1) is 25.4 Å². The van der Waals surface area contributed by atoms with E-state index in [-0.39, 0.29) is 12.5 Å². The van der Waals surface area contributed by atoms with Gasteiger partial charge < -0.3 is 40.3 Å². The predicted molar refractivity (Wildman–Crippen MR) is 235 cm³/mol. The van der Waals surface area contributed by atoms with E-state index in [0.29, 0.717) is 6.42 Å². The van der Waals surface area contributed by atoms with Crippen LogP contribution in [0.3, 0.4) is 0 Å². The zero-order valence-corrected chi connectivity index (χ0v) is 36.3. The minimum Gasteiger partial charge on any atom is -0.394 e.